The van der Waals surface area contributed by atoms with E-state index >= 15 is 0 Å². The molecule has 1 fully saturated rings. The Morgan fingerprint density at radius 2 is 1.75 bits per heavy atom. The Hall–Kier alpha value is 0.308. The van der Waals surface area contributed by atoms with Crippen LogP contribution >= 0.6 is 5.50 Å². The maximum atomic E-state index is 10.2. The molecule has 7 heteroatoms. The van der Waals surface area contributed by atoms with Crippen LogP contribution in [0.25, 0.3) is 0 Å². The summed E-state index contributed by atoms with van der Waals surface area (Å²) in [6, 6.07) is 0. The maximum absolute atomic E-state index is 10.2. The summed E-state index contributed by atoms with van der Waals surface area (Å²) in [4.78, 5) is 14.3. The van der Waals surface area contributed by atoms with Crippen molar-refractivity contribution in [3.05, 3.63) is 0 Å². The molecule has 0 amide bonds. The standard InChI is InChI=1S/C9H20N3O2P.W/c1-9(2,3)14-15(13)10-8-11(4)6-7-12(8)5;/h13H,6-7H2,1-5H3;. The number of hydrogen-bond acceptors (Lipinski definition) is 3. The summed E-state index contributed by atoms with van der Waals surface area (Å²) in [6.07, 6.45) is 0. The zero-order valence-corrected chi connectivity index (χ0v) is 14.3. The molecule has 1 aliphatic heterocycles. The molecule has 0 aliphatic carbocycles. The summed E-state index contributed by atoms with van der Waals surface area (Å²) >= 11 is 0.999. The second-order valence-electron chi connectivity index (χ2n) is 4.94. The van der Waals surface area contributed by atoms with Crippen molar-refractivity contribution in [1.82, 2.24) is 9.80 Å². The second-order valence-corrected chi connectivity index (χ2v) is 11.4. The molecule has 1 rings (SSSR count). The van der Waals surface area contributed by atoms with Crippen LogP contribution in [0, 0.1) is 0 Å². The van der Waals surface area contributed by atoms with Gasteiger partial charge in [0, 0.05) is 0 Å². The molecule has 0 aromatic rings. The van der Waals surface area contributed by atoms with Crippen molar-refractivity contribution in [2.45, 2.75) is 26.4 Å². The molecule has 1 aliphatic rings. The monoisotopic (exact) mass is 417 g/mol. The van der Waals surface area contributed by atoms with Gasteiger partial charge >= 0.3 is 108 Å². The second kappa shape index (κ2) is 4.89. The molecule has 94 valence electrons. The number of hydrogen-bond donors (Lipinski definition) is 1. The van der Waals surface area contributed by atoms with Crippen LogP contribution in [0.5, 0.6) is 0 Å². The normalized spacial score (nSPS) is 21.2. The van der Waals surface area contributed by atoms with Crippen LogP contribution in [-0.2, 0) is 23.3 Å². The Labute approximate surface area is 108 Å². The topological polar surface area (TPSA) is 48.3 Å². The minimum absolute atomic E-state index is 0.357. The van der Waals surface area contributed by atoms with E-state index in [4.69, 9.17) is 4.52 Å². The van der Waals surface area contributed by atoms with Crippen molar-refractivity contribution in [2.24, 2.45) is 4.76 Å². The van der Waals surface area contributed by atoms with Crippen LogP contribution in [0.4, 0.5) is 0 Å². The average Bonchev–Trinajstić information content (AvgIpc) is 2.30. The summed E-state index contributed by atoms with van der Waals surface area (Å²) in [6.45, 7) is 7.69. The molecule has 1 unspecified atom stereocenters. The van der Waals surface area contributed by atoms with Crippen molar-refractivity contribution in [2.75, 3.05) is 27.2 Å². The van der Waals surface area contributed by atoms with Crippen molar-refractivity contribution < 1.29 is 28.2 Å². The Morgan fingerprint density at radius 3 is 2.12 bits per heavy atom. The van der Waals surface area contributed by atoms with E-state index in [0.29, 0.717) is 0 Å². The first-order chi connectivity index (χ1) is 7.11. The van der Waals surface area contributed by atoms with Crippen molar-refractivity contribution in [1.29, 1.82) is 0 Å². The minimum atomic E-state index is -2.60. The molecule has 1 N–H and O–H groups in total. The first-order valence-electron chi connectivity index (χ1n) is 5.17. The van der Waals surface area contributed by atoms with Crippen LogP contribution in [0.2, 0.25) is 0 Å². The first kappa shape index (κ1) is 14.4. The van der Waals surface area contributed by atoms with E-state index in [9.17, 15) is 4.89 Å². The molecule has 16 heavy (non-hydrogen) atoms. The molecule has 1 heterocycles. The van der Waals surface area contributed by atoms with Gasteiger partial charge in [-0.25, -0.2) is 0 Å². The first-order valence-corrected chi connectivity index (χ1v) is 10.6. The summed E-state index contributed by atoms with van der Waals surface area (Å²) in [5.74, 6) is 0.829. The van der Waals surface area contributed by atoms with Gasteiger partial charge in [0.25, 0.3) is 0 Å². The van der Waals surface area contributed by atoms with E-state index in [1.54, 1.807) is 0 Å². The van der Waals surface area contributed by atoms with E-state index in [2.05, 4.69) is 4.76 Å². The van der Waals surface area contributed by atoms with Gasteiger partial charge in [-0.3, -0.25) is 0 Å². The van der Waals surface area contributed by atoms with E-state index in [0.717, 1.165) is 37.9 Å². The molecule has 0 aromatic carbocycles. The van der Waals surface area contributed by atoms with Crippen molar-refractivity contribution in [3.8, 4) is 0 Å². The summed E-state index contributed by atoms with van der Waals surface area (Å²) in [5, 5.41) is 0. The Kier molecular flexibility index (Phi) is 4.39. The zero-order chi connectivity index (χ0) is 12.6. The van der Waals surface area contributed by atoms with Crippen molar-refractivity contribution >= 4 is 11.5 Å². The van der Waals surface area contributed by atoms with Gasteiger partial charge in [-0.2, -0.15) is 0 Å². The molecule has 0 spiro atoms. The molecule has 0 aromatic heterocycles. The number of rotatable bonds is 2. The third-order valence-corrected chi connectivity index (χ3v) is 4.96. The van der Waals surface area contributed by atoms with Crippen LogP contribution in [0.1, 0.15) is 20.8 Å². The Morgan fingerprint density at radius 1 is 1.31 bits per heavy atom. The fourth-order valence-corrected chi connectivity index (χ4v) is 5.92. The van der Waals surface area contributed by atoms with E-state index < -0.39 is 5.50 Å². The zero-order valence-electron chi connectivity index (χ0n) is 10.5. The predicted molar refractivity (Wildman–Crippen MR) is 62.7 cm³/mol. The van der Waals surface area contributed by atoms with Crippen LogP contribution in [0.15, 0.2) is 4.76 Å². The third kappa shape index (κ3) is 4.29. The fourth-order valence-electron chi connectivity index (χ4n) is 1.43. The quantitative estimate of drug-likeness (QED) is 0.688. The molecule has 0 radical (unpaired) electrons. The third-order valence-electron chi connectivity index (χ3n) is 2.06. The number of likely N-dealkylation sites (N-methyl/N-ethyl adjacent to an activating group) is 2. The van der Waals surface area contributed by atoms with Gasteiger partial charge in [0.05, 0.1) is 0 Å². The van der Waals surface area contributed by atoms with Gasteiger partial charge in [-0.15, -0.1) is 0 Å². The SMILES string of the molecule is CN1CCN(C)C1=N[P](O)(=[W])OC(C)(C)C. The predicted octanol–water partition coefficient (Wildman–Crippen LogP) is 1.25. The van der Waals surface area contributed by atoms with Gasteiger partial charge in [-0.05, 0) is 0 Å². The Bertz CT molecular complexity index is 328. The van der Waals surface area contributed by atoms with E-state index in [-0.39, 0.29) is 5.60 Å². The molecule has 5 nitrogen and oxygen atoms in total. The fraction of sp³-hybridized carbons (Fsp3) is 0.889. The van der Waals surface area contributed by atoms with Gasteiger partial charge in [0.15, 0.2) is 0 Å². The van der Waals surface area contributed by atoms with Gasteiger partial charge < -0.3 is 0 Å². The summed E-state index contributed by atoms with van der Waals surface area (Å²) < 4.78 is 10.1. The Balaban J connectivity index is 2.85. The van der Waals surface area contributed by atoms with E-state index in [1.807, 2.05) is 44.7 Å². The van der Waals surface area contributed by atoms with Crippen LogP contribution in [0.3, 0.4) is 0 Å². The summed E-state index contributed by atoms with van der Waals surface area (Å²) in [7, 11) is 3.96. The molecular weight excluding hydrogens is 397 g/mol. The molecule has 1 atom stereocenters. The van der Waals surface area contributed by atoms with Gasteiger partial charge in [0.2, 0.25) is 0 Å². The average molecular weight is 417 g/mol. The molecule has 0 bridgehead atoms. The van der Waals surface area contributed by atoms with Crippen LogP contribution < -0.4 is 0 Å². The molecular formula is C9H20N3O2PW. The number of nitrogens with zero attached hydrogens (tertiary/aromatic N) is 3. The molecule has 0 saturated carbocycles. The summed E-state index contributed by atoms with van der Waals surface area (Å²) in [5.41, 5.74) is -2.96. The van der Waals surface area contributed by atoms with Gasteiger partial charge in [0.1, 0.15) is 0 Å². The van der Waals surface area contributed by atoms with Gasteiger partial charge in [-0.1, -0.05) is 0 Å². The van der Waals surface area contributed by atoms with E-state index in [1.165, 1.54) is 0 Å². The molecule has 1 saturated heterocycles. The van der Waals surface area contributed by atoms with Crippen molar-refractivity contribution in [3.63, 3.8) is 0 Å². The number of guanidine groups is 1. The van der Waals surface area contributed by atoms with Crippen LogP contribution in [-0.4, -0.2) is 53.4 Å².